The molecule has 0 amide bonds. The van der Waals surface area contributed by atoms with E-state index in [0.29, 0.717) is 6.61 Å². The SMILES string of the molecule is CC(C)C(=O)OCCc1cccc2[nH]ccc12. The van der Waals surface area contributed by atoms with E-state index in [4.69, 9.17) is 4.74 Å². The molecule has 0 fully saturated rings. The van der Waals surface area contributed by atoms with Crippen molar-refractivity contribution in [2.75, 3.05) is 6.61 Å². The molecule has 2 aromatic rings. The molecule has 1 aromatic carbocycles. The van der Waals surface area contributed by atoms with Crippen molar-refractivity contribution < 1.29 is 9.53 Å². The van der Waals surface area contributed by atoms with Gasteiger partial charge in [-0.15, -0.1) is 0 Å². The van der Waals surface area contributed by atoms with E-state index in [1.807, 2.05) is 32.2 Å². The van der Waals surface area contributed by atoms with Crippen LogP contribution >= 0.6 is 0 Å². The molecule has 0 radical (unpaired) electrons. The smallest absolute Gasteiger partial charge is 0.308 e. The minimum atomic E-state index is -0.133. The predicted octanol–water partition coefficient (Wildman–Crippen LogP) is 2.91. The molecule has 90 valence electrons. The van der Waals surface area contributed by atoms with Gasteiger partial charge in [0.1, 0.15) is 0 Å². The molecule has 1 N–H and O–H groups in total. The van der Waals surface area contributed by atoms with Gasteiger partial charge in [-0.1, -0.05) is 26.0 Å². The molecule has 0 unspecified atom stereocenters. The highest BCUT2D eigenvalue weighted by molar-refractivity contribution is 5.82. The van der Waals surface area contributed by atoms with Crippen molar-refractivity contribution in [3.63, 3.8) is 0 Å². The quantitative estimate of drug-likeness (QED) is 0.822. The fraction of sp³-hybridized carbons (Fsp3) is 0.357. The summed E-state index contributed by atoms with van der Waals surface area (Å²) >= 11 is 0. The Labute approximate surface area is 101 Å². The maximum absolute atomic E-state index is 11.3. The fourth-order valence-corrected chi connectivity index (χ4v) is 1.80. The predicted molar refractivity (Wildman–Crippen MR) is 67.8 cm³/mol. The third-order valence-corrected chi connectivity index (χ3v) is 2.77. The van der Waals surface area contributed by atoms with E-state index in [2.05, 4.69) is 17.1 Å². The summed E-state index contributed by atoms with van der Waals surface area (Å²) in [5, 5.41) is 1.20. The number of esters is 1. The van der Waals surface area contributed by atoms with Crippen LogP contribution in [-0.4, -0.2) is 17.6 Å². The molecule has 0 aliphatic carbocycles. The van der Waals surface area contributed by atoms with E-state index in [1.165, 1.54) is 10.9 Å². The van der Waals surface area contributed by atoms with Crippen LogP contribution < -0.4 is 0 Å². The van der Waals surface area contributed by atoms with Crippen LogP contribution in [0, 0.1) is 5.92 Å². The lowest BCUT2D eigenvalue weighted by molar-refractivity contribution is -0.147. The number of aromatic amines is 1. The number of benzene rings is 1. The number of fused-ring (bicyclic) bond motifs is 1. The van der Waals surface area contributed by atoms with Crippen LogP contribution in [-0.2, 0) is 16.0 Å². The summed E-state index contributed by atoms with van der Waals surface area (Å²) in [7, 11) is 0. The van der Waals surface area contributed by atoms with Gasteiger partial charge in [-0.2, -0.15) is 0 Å². The van der Waals surface area contributed by atoms with Gasteiger partial charge >= 0.3 is 5.97 Å². The van der Waals surface area contributed by atoms with Gasteiger partial charge in [-0.3, -0.25) is 4.79 Å². The molecule has 3 heteroatoms. The Balaban J connectivity index is 1.99. The third-order valence-electron chi connectivity index (χ3n) is 2.77. The number of carbonyl (C=O) groups is 1. The van der Waals surface area contributed by atoms with Crippen LogP contribution in [0.5, 0.6) is 0 Å². The van der Waals surface area contributed by atoms with Gasteiger partial charge in [0.2, 0.25) is 0 Å². The van der Waals surface area contributed by atoms with Crippen LogP contribution in [0.2, 0.25) is 0 Å². The third kappa shape index (κ3) is 2.67. The lowest BCUT2D eigenvalue weighted by Gasteiger charge is -2.07. The lowest BCUT2D eigenvalue weighted by atomic mass is 10.1. The molecule has 0 aliphatic heterocycles. The van der Waals surface area contributed by atoms with Crippen molar-refractivity contribution in [1.82, 2.24) is 4.98 Å². The topological polar surface area (TPSA) is 42.1 Å². The molecule has 0 aliphatic rings. The summed E-state index contributed by atoms with van der Waals surface area (Å²) in [6.07, 6.45) is 2.68. The van der Waals surface area contributed by atoms with Gasteiger partial charge in [-0.05, 0) is 17.7 Å². The molecule has 1 aromatic heterocycles. The first-order valence-electron chi connectivity index (χ1n) is 5.90. The van der Waals surface area contributed by atoms with E-state index in [0.717, 1.165) is 11.9 Å². The van der Waals surface area contributed by atoms with E-state index < -0.39 is 0 Å². The maximum Gasteiger partial charge on any atom is 0.308 e. The molecule has 17 heavy (non-hydrogen) atoms. The minimum Gasteiger partial charge on any atom is -0.465 e. The summed E-state index contributed by atoms with van der Waals surface area (Å²) in [5.74, 6) is -0.190. The Morgan fingerprint density at radius 3 is 2.94 bits per heavy atom. The van der Waals surface area contributed by atoms with Crippen molar-refractivity contribution in [2.45, 2.75) is 20.3 Å². The number of hydrogen-bond acceptors (Lipinski definition) is 2. The largest absolute Gasteiger partial charge is 0.465 e. The first kappa shape index (κ1) is 11.7. The number of nitrogens with one attached hydrogen (secondary N) is 1. The average molecular weight is 231 g/mol. The van der Waals surface area contributed by atoms with Crippen molar-refractivity contribution in [1.29, 1.82) is 0 Å². The second kappa shape index (κ2) is 5.04. The molecule has 0 bridgehead atoms. The van der Waals surface area contributed by atoms with Crippen molar-refractivity contribution in [3.8, 4) is 0 Å². The maximum atomic E-state index is 11.3. The number of ether oxygens (including phenoxy) is 1. The van der Waals surface area contributed by atoms with Gasteiger partial charge in [0.25, 0.3) is 0 Å². The molecule has 0 saturated heterocycles. The molecule has 1 heterocycles. The number of aromatic nitrogens is 1. The van der Waals surface area contributed by atoms with E-state index in [-0.39, 0.29) is 11.9 Å². The lowest BCUT2D eigenvalue weighted by Crippen LogP contribution is -2.13. The number of hydrogen-bond donors (Lipinski definition) is 1. The Morgan fingerprint density at radius 2 is 2.18 bits per heavy atom. The standard InChI is InChI=1S/C14H17NO2/c1-10(2)14(16)17-9-7-11-4-3-5-13-12(11)6-8-15-13/h3-6,8,10,15H,7,9H2,1-2H3. The van der Waals surface area contributed by atoms with Gasteiger partial charge in [0.15, 0.2) is 0 Å². The highest BCUT2D eigenvalue weighted by atomic mass is 16.5. The van der Waals surface area contributed by atoms with Crippen LogP contribution in [0.1, 0.15) is 19.4 Å². The molecular weight excluding hydrogens is 214 g/mol. The number of carbonyl (C=O) groups excluding carboxylic acids is 1. The Morgan fingerprint density at radius 1 is 1.35 bits per heavy atom. The molecule has 3 nitrogen and oxygen atoms in total. The van der Waals surface area contributed by atoms with Crippen molar-refractivity contribution >= 4 is 16.9 Å². The zero-order valence-corrected chi connectivity index (χ0v) is 10.2. The first-order valence-corrected chi connectivity index (χ1v) is 5.90. The van der Waals surface area contributed by atoms with Gasteiger partial charge in [0.05, 0.1) is 12.5 Å². The summed E-state index contributed by atoms with van der Waals surface area (Å²) in [6.45, 7) is 4.13. The highest BCUT2D eigenvalue weighted by Gasteiger charge is 2.08. The molecule has 0 saturated carbocycles. The zero-order valence-electron chi connectivity index (χ0n) is 10.2. The Hall–Kier alpha value is -1.77. The van der Waals surface area contributed by atoms with E-state index in [9.17, 15) is 4.79 Å². The first-order chi connectivity index (χ1) is 8.18. The van der Waals surface area contributed by atoms with Gasteiger partial charge in [-0.25, -0.2) is 0 Å². The second-order valence-corrected chi connectivity index (χ2v) is 4.43. The summed E-state index contributed by atoms with van der Waals surface area (Å²) in [6, 6.07) is 8.17. The number of H-pyrrole nitrogens is 1. The fourth-order valence-electron chi connectivity index (χ4n) is 1.80. The van der Waals surface area contributed by atoms with Crippen LogP contribution in [0.3, 0.4) is 0 Å². The van der Waals surface area contributed by atoms with Crippen molar-refractivity contribution in [2.24, 2.45) is 5.92 Å². The second-order valence-electron chi connectivity index (χ2n) is 4.43. The number of rotatable bonds is 4. The zero-order chi connectivity index (χ0) is 12.3. The van der Waals surface area contributed by atoms with Gasteiger partial charge in [0, 0.05) is 23.5 Å². The molecule has 0 spiro atoms. The normalized spacial score (nSPS) is 11.0. The van der Waals surface area contributed by atoms with Crippen LogP contribution in [0.15, 0.2) is 30.5 Å². The van der Waals surface area contributed by atoms with Crippen molar-refractivity contribution in [3.05, 3.63) is 36.0 Å². The van der Waals surface area contributed by atoms with Crippen LogP contribution in [0.4, 0.5) is 0 Å². The van der Waals surface area contributed by atoms with E-state index >= 15 is 0 Å². The van der Waals surface area contributed by atoms with E-state index in [1.54, 1.807) is 0 Å². The summed E-state index contributed by atoms with van der Waals surface area (Å²) in [4.78, 5) is 14.5. The van der Waals surface area contributed by atoms with Gasteiger partial charge < -0.3 is 9.72 Å². The summed E-state index contributed by atoms with van der Waals surface area (Å²) in [5.41, 5.74) is 2.33. The molecule has 2 rings (SSSR count). The monoisotopic (exact) mass is 231 g/mol. The molecule has 0 atom stereocenters. The van der Waals surface area contributed by atoms with Crippen LogP contribution in [0.25, 0.3) is 10.9 Å². The molecular formula is C14H17NO2. The highest BCUT2D eigenvalue weighted by Crippen LogP contribution is 2.17. The minimum absolute atomic E-state index is 0.0574. The average Bonchev–Trinajstić information content (AvgIpc) is 2.77. The Kier molecular flexibility index (Phi) is 3.47. The Bertz CT molecular complexity index is 514. The summed E-state index contributed by atoms with van der Waals surface area (Å²) < 4.78 is 5.18.